The molecule has 1 saturated heterocycles. The van der Waals surface area contributed by atoms with Crippen molar-refractivity contribution < 1.29 is 9.73 Å². The number of hydrogen-bond donors (Lipinski definition) is 1. The van der Waals surface area contributed by atoms with Crippen molar-refractivity contribution in [2.75, 3.05) is 6.54 Å². The van der Waals surface area contributed by atoms with Gasteiger partial charge in [-0.25, -0.2) is 0 Å². The Morgan fingerprint density at radius 3 is 3.09 bits per heavy atom. The summed E-state index contributed by atoms with van der Waals surface area (Å²) < 4.78 is 5.34. The summed E-state index contributed by atoms with van der Waals surface area (Å²) in [6.07, 6.45) is 5.74. The Morgan fingerprint density at radius 1 is 1.45 bits per heavy atom. The normalized spacial score (nSPS) is 25.3. The molecule has 0 amide bonds. The van der Waals surface area contributed by atoms with Crippen LogP contribution >= 0.6 is 0 Å². The van der Waals surface area contributed by atoms with Gasteiger partial charge in [-0.2, -0.15) is 0 Å². The summed E-state index contributed by atoms with van der Waals surface area (Å²) in [5.74, 6) is 1.14. The molecule has 0 spiro atoms. The van der Waals surface area contributed by atoms with Crippen LogP contribution in [0.15, 0.2) is 22.8 Å². The fourth-order valence-electron chi connectivity index (χ4n) is 1.71. The van der Waals surface area contributed by atoms with Gasteiger partial charge in [0.05, 0.1) is 12.8 Å². The monoisotopic (exact) mass is 152 g/mol. The van der Waals surface area contributed by atoms with Crippen LogP contribution in [0.5, 0.6) is 0 Å². The quantitative estimate of drug-likeness (QED) is 0.641. The molecule has 2 heteroatoms. The van der Waals surface area contributed by atoms with Gasteiger partial charge in [-0.15, -0.1) is 0 Å². The summed E-state index contributed by atoms with van der Waals surface area (Å²) in [5.41, 5.74) is 0. The number of piperidine rings is 1. The Labute approximate surface area is 66.6 Å². The number of hydrogen-bond acceptors (Lipinski definition) is 1. The van der Waals surface area contributed by atoms with Crippen molar-refractivity contribution in [1.29, 1.82) is 0 Å². The second kappa shape index (κ2) is 3.09. The summed E-state index contributed by atoms with van der Waals surface area (Å²) in [6.45, 7) is 1.26. The molecular formula is C9H14NO+. The molecule has 0 saturated carbocycles. The molecule has 0 unspecified atom stereocenters. The average Bonchev–Trinajstić information content (AvgIpc) is 2.58. The maximum Gasteiger partial charge on any atom is 0.160 e. The van der Waals surface area contributed by atoms with Crippen molar-refractivity contribution in [2.24, 2.45) is 0 Å². The van der Waals surface area contributed by atoms with Crippen molar-refractivity contribution in [1.82, 2.24) is 0 Å². The van der Waals surface area contributed by atoms with E-state index in [-0.39, 0.29) is 0 Å². The first-order valence-corrected chi connectivity index (χ1v) is 4.33. The minimum absolute atomic E-state index is 0.596. The first-order chi connectivity index (χ1) is 5.47. The molecule has 2 heterocycles. The summed E-state index contributed by atoms with van der Waals surface area (Å²) in [4.78, 5) is 0. The summed E-state index contributed by atoms with van der Waals surface area (Å²) in [6, 6.07) is 4.64. The predicted octanol–water partition coefficient (Wildman–Crippen LogP) is 1.07. The van der Waals surface area contributed by atoms with Gasteiger partial charge in [0.1, 0.15) is 6.04 Å². The lowest BCUT2D eigenvalue weighted by Crippen LogP contribution is -2.86. The second-order valence-electron chi connectivity index (χ2n) is 3.14. The highest BCUT2D eigenvalue weighted by molar-refractivity contribution is 5.01. The summed E-state index contributed by atoms with van der Waals surface area (Å²) >= 11 is 0. The molecule has 0 bridgehead atoms. The molecule has 1 fully saturated rings. The molecule has 2 rings (SSSR count). The largest absolute Gasteiger partial charge is 0.463 e. The smallest absolute Gasteiger partial charge is 0.160 e. The third kappa shape index (κ3) is 1.46. The van der Waals surface area contributed by atoms with Crippen LogP contribution in [0.2, 0.25) is 0 Å². The summed E-state index contributed by atoms with van der Waals surface area (Å²) in [5, 5.41) is 2.38. The first-order valence-electron chi connectivity index (χ1n) is 4.33. The van der Waals surface area contributed by atoms with Gasteiger partial charge < -0.3 is 9.73 Å². The van der Waals surface area contributed by atoms with Crippen LogP contribution < -0.4 is 5.32 Å². The number of rotatable bonds is 1. The van der Waals surface area contributed by atoms with Crippen LogP contribution in [-0.4, -0.2) is 6.54 Å². The Morgan fingerprint density at radius 2 is 2.45 bits per heavy atom. The second-order valence-corrected chi connectivity index (χ2v) is 3.14. The molecule has 0 aliphatic carbocycles. The Hall–Kier alpha value is -0.760. The zero-order valence-corrected chi connectivity index (χ0v) is 6.62. The fraction of sp³-hybridized carbons (Fsp3) is 0.556. The van der Waals surface area contributed by atoms with E-state index in [0.717, 1.165) is 5.76 Å². The molecule has 1 aliphatic rings. The first kappa shape index (κ1) is 6.92. The molecule has 2 N–H and O–H groups in total. The molecule has 11 heavy (non-hydrogen) atoms. The fourth-order valence-corrected chi connectivity index (χ4v) is 1.71. The lowest BCUT2D eigenvalue weighted by Gasteiger charge is -2.17. The van der Waals surface area contributed by atoms with Crippen LogP contribution in [-0.2, 0) is 0 Å². The molecule has 1 aromatic rings. The highest BCUT2D eigenvalue weighted by atomic mass is 16.3. The molecule has 1 aliphatic heterocycles. The van der Waals surface area contributed by atoms with Crippen LogP contribution in [0, 0.1) is 0 Å². The zero-order valence-electron chi connectivity index (χ0n) is 6.62. The molecule has 0 radical (unpaired) electrons. The lowest BCUT2D eigenvalue weighted by molar-refractivity contribution is -0.706. The minimum atomic E-state index is 0.596. The Bertz CT molecular complexity index is 199. The molecule has 1 atom stereocenters. The van der Waals surface area contributed by atoms with Crippen molar-refractivity contribution in [3.05, 3.63) is 24.2 Å². The third-order valence-corrected chi connectivity index (χ3v) is 2.33. The van der Waals surface area contributed by atoms with E-state index in [1.165, 1.54) is 25.8 Å². The summed E-state index contributed by atoms with van der Waals surface area (Å²) in [7, 11) is 0. The highest BCUT2D eigenvalue weighted by Gasteiger charge is 2.19. The van der Waals surface area contributed by atoms with Gasteiger partial charge in [-0.3, -0.25) is 0 Å². The van der Waals surface area contributed by atoms with E-state index < -0.39 is 0 Å². The third-order valence-electron chi connectivity index (χ3n) is 2.33. The van der Waals surface area contributed by atoms with E-state index in [1.54, 1.807) is 6.26 Å². The SMILES string of the molecule is c1coc([C@@H]2CCCC[NH2+]2)c1. The molecule has 60 valence electrons. The van der Waals surface area contributed by atoms with Gasteiger partial charge in [-0.1, -0.05) is 0 Å². The van der Waals surface area contributed by atoms with E-state index >= 15 is 0 Å². The van der Waals surface area contributed by atoms with Crippen molar-refractivity contribution in [3.63, 3.8) is 0 Å². The number of quaternary nitrogens is 1. The van der Waals surface area contributed by atoms with Crippen LogP contribution in [0.3, 0.4) is 0 Å². The highest BCUT2D eigenvalue weighted by Crippen LogP contribution is 2.17. The number of nitrogens with two attached hydrogens (primary N) is 1. The number of furan rings is 1. The lowest BCUT2D eigenvalue weighted by atomic mass is 10.0. The average molecular weight is 152 g/mol. The van der Waals surface area contributed by atoms with Gasteiger partial charge in [0.25, 0.3) is 0 Å². The van der Waals surface area contributed by atoms with Crippen LogP contribution in [0.1, 0.15) is 31.1 Å². The van der Waals surface area contributed by atoms with E-state index in [0.29, 0.717) is 6.04 Å². The van der Waals surface area contributed by atoms with Gasteiger partial charge in [-0.05, 0) is 25.0 Å². The Kier molecular flexibility index (Phi) is 1.95. The van der Waals surface area contributed by atoms with Crippen molar-refractivity contribution in [2.45, 2.75) is 25.3 Å². The maximum absolute atomic E-state index is 5.34. The van der Waals surface area contributed by atoms with Crippen molar-refractivity contribution in [3.8, 4) is 0 Å². The van der Waals surface area contributed by atoms with E-state index in [9.17, 15) is 0 Å². The molecular weight excluding hydrogens is 138 g/mol. The van der Waals surface area contributed by atoms with E-state index in [1.807, 2.05) is 6.07 Å². The molecule has 0 aromatic carbocycles. The van der Waals surface area contributed by atoms with E-state index in [4.69, 9.17) is 4.42 Å². The Balaban J connectivity index is 2.04. The maximum atomic E-state index is 5.34. The van der Waals surface area contributed by atoms with Gasteiger partial charge >= 0.3 is 0 Å². The van der Waals surface area contributed by atoms with Gasteiger partial charge in [0.2, 0.25) is 0 Å². The molecule has 2 nitrogen and oxygen atoms in total. The van der Waals surface area contributed by atoms with E-state index in [2.05, 4.69) is 11.4 Å². The topological polar surface area (TPSA) is 29.8 Å². The molecule has 1 aromatic heterocycles. The van der Waals surface area contributed by atoms with Gasteiger partial charge in [0.15, 0.2) is 5.76 Å². The van der Waals surface area contributed by atoms with Crippen LogP contribution in [0.4, 0.5) is 0 Å². The van der Waals surface area contributed by atoms with Gasteiger partial charge in [0, 0.05) is 6.42 Å². The minimum Gasteiger partial charge on any atom is -0.463 e. The predicted molar refractivity (Wildman–Crippen MR) is 42.1 cm³/mol. The zero-order chi connectivity index (χ0) is 7.52. The van der Waals surface area contributed by atoms with Crippen LogP contribution in [0.25, 0.3) is 0 Å². The van der Waals surface area contributed by atoms with Crippen molar-refractivity contribution >= 4 is 0 Å². The standard InChI is InChI=1S/C9H13NO/c1-2-6-10-8(4-1)9-5-3-7-11-9/h3,5,7-8,10H,1-2,4,6H2/p+1/t8-/m0/s1.